The Balaban J connectivity index is 0.00000408. The van der Waals surface area contributed by atoms with Crippen LogP contribution in [0, 0.1) is 0 Å². The number of carboxylic acids is 1. The van der Waals surface area contributed by atoms with Crippen molar-refractivity contribution in [3.8, 4) is 0 Å². The summed E-state index contributed by atoms with van der Waals surface area (Å²) in [6.45, 7) is 4.45. The molecule has 7 heteroatoms. The highest BCUT2D eigenvalue weighted by Crippen LogP contribution is 2.59. The molecule has 3 aromatic carbocycles. The second-order valence-corrected chi connectivity index (χ2v) is 11.1. The maximum atomic E-state index is 12.8. The number of carbonyl (C=O) groups is 1. The Hall–Kier alpha value is -1.83. The number of hydrogen-bond acceptors (Lipinski definition) is 4. The Morgan fingerprint density at radius 3 is 1.47 bits per heavy atom. The first-order valence-electron chi connectivity index (χ1n) is 11.2. The fourth-order valence-electron chi connectivity index (χ4n) is 4.00. The van der Waals surface area contributed by atoms with Crippen LogP contribution in [0.15, 0.2) is 91.0 Å². The predicted octanol–water partition coefficient (Wildman–Crippen LogP) is 0.507. The highest BCUT2D eigenvalue weighted by molar-refractivity contribution is 7.96. The van der Waals surface area contributed by atoms with Gasteiger partial charge in [0.15, 0.2) is 0 Å². The summed E-state index contributed by atoms with van der Waals surface area (Å²) >= 11 is 0. The number of benzene rings is 3. The molecular formula is C27H32IO5P. The van der Waals surface area contributed by atoms with Crippen LogP contribution in [0.1, 0.15) is 6.92 Å². The van der Waals surface area contributed by atoms with Gasteiger partial charge in [-0.25, -0.2) is 4.79 Å². The highest BCUT2D eigenvalue weighted by atomic mass is 127. The molecule has 0 radical (unpaired) electrons. The van der Waals surface area contributed by atoms with Crippen LogP contribution in [0.4, 0.5) is 0 Å². The molecule has 0 fully saturated rings. The van der Waals surface area contributed by atoms with Crippen LogP contribution in [0.25, 0.3) is 0 Å². The summed E-state index contributed by atoms with van der Waals surface area (Å²) in [6.07, 6.45) is 0. The lowest BCUT2D eigenvalue weighted by molar-refractivity contribution is -0.137. The van der Waals surface area contributed by atoms with E-state index in [0.717, 1.165) is 15.9 Å². The summed E-state index contributed by atoms with van der Waals surface area (Å²) in [6, 6.07) is 30.0. The van der Waals surface area contributed by atoms with E-state index < -0.39 is 18.9 Å². The van der Waals surface area contributed by atoms with E-state index in [0.29, 0.717) is 33.0 Å². The molecule has 0 saturated heterocycles. The molecule has 5 nitrogen and oxygen atoms in total. The maximum absolute atomic E-state index is 12.8. The zero-order valence-electron chi connectivity index (χ0n) is 19.4. The van der Waals surface area contributed by atoms with Crippen LogP contribution in [0.5, 0.6) is 0 Å². The first-order valence-corrected chi connectivity index (χ1v) is 13.1. The van der Waals surface area contributed by atoms with Crippen molar-refractivity contribution in [2.75, 3.05) is 39.6 Å². The van der Waals surface area contributed by atoms with Gasteiger partial charge in [-0.15, -0.1) is 0 Å². The molecule has 0 aliphatic carbocycles. The van der Waals surface area contributed by atoms with Gasteiger partial charge < -0.3 is 43.3 Å². The minimum atomic E-state index is -2.58. The smallest absolute Gasteiger partial charge is 0.348 e. The molecule has 1 unspecified atom stereocenters. The van der Waals surface area contributed by atoms with E-state index in [1.807, 2.05) is 97.9 Å². The van der Waals surface area contributed by atoms with Gasteiger partial charge in [-0.2, -0.15) is 0 Å². The Bertz CT molecular complexity index is 860. The second kappa shape index (κ2) is 15.2. The minimum Gasteiger partial charge on any atom is -1.00 e. The predicted molar refractivity (Wildman–Crippen MR) is 135 cm³/mol. The summed E-state index contributed by atoms with van der Waals surface area (Å²) in [4.78, 5) is 12.8. The van der Waals surface area contributed by atoms with E-state index >= 15 is 0 Å². The van der Waals surface area contributed by atoms with Gasteiger partial charge in [0.25, 0.3) is 0 Å². The van der Waals surface area contributed by atoms with Crippen LogP contribution in [0.2, 0.25) is 0 Å². The Labute approximate surface area is 219 Å². The summed E-state index contributed by atoms with van der Waals surface area (Å²) in [7, 11) is -2.58. The molecule has 0 aliphatic heterocycles. The van der Waals surface area contributed by atoms with Crippen LogP contribution in [-0.2, 0) is 19.0 Å². The monoisotopic (exact) mass is 594 g/mol. The van der Waals surface area contributed by atoms with E-state index in [1.165, 1.54) is 0 Å². The number of rotatable bonds is 14. The van der Waals surface area contributed by atoms with Gasteiger partial charge >= 0.3 is 5.97 Å². The minimum absolute atomic E-state index is 0. The summed E-state index contributed by atoms with van der Waals surface area (Å²) in [5, 5.41) is 13.6. The van der Waals surface area contributed by atoms with Crippen molar-refractivity contribution in [1.29, 1.82) is 0 Å². The van der Waals surface area contributed by atoms with Crippen LogP contribution in [-0.4, -0.2) is 56.4 Å². The molecule has 0 amide bonds. The molecule has 3 rings (SSSR count). The van der Waals surface area contributed by atoms with Crippen LogP contribution in [0.3, 0.4) is 0 Å². The molecule has 0 aromatic heterocycles. The number of carboxylic acid groups (broad SMARTS) is 1. The number of ether oxygens (including phenoxy) is 3. The Morgan fingerprint density at radius 2 is 1.09 bits per heavy atom. The molecule has 182 valence electrons. The normalized spacial score (nSPS) is 12.0. The summed E-state index contributed by atoms with van der Waals surface area (Å²) in [5.41, 5.74) is -0.742. The Morgan fingerprint density at radius 1 is 0.706 bits per heavy atom. The fraction of sp³-hybridized carbons (Fsp3) is 0.296. The third kappa shape index (κ3) is 7.09. The van der Waals surface area contributed by atoms with E-state index in [4.69, 9.17) is 14.2 Å². The first kappa shape index (κ1) is 28.4. The SMILES string of the molecule is CCOCCOCCOCC(C(=O)O)[P+](c1ccccc1)(c1ccccc1)c1ccccc1.[I-]. The number of aliphatic carboxylic acids is 1. The zero-order valence-corrected chi connectivity index (χ0v) is 22.4. The van der Waals surface area contributed by atoms with Crippen LogP contribution < -0.4 is 39.9 Å². The molecule has 3 aromatic rings. The quantitative estimate of drug-likeness (QED) is 0.168. The molecule has 0 aliphatic rings. The van der Waals surface area contributed by atoms with E-state index in [2.05, 4.69) is 0 Å². The molecule has 0 saturated carbocycles. The highest BCUT2D eigenvalue weighted by Gasteiger charge is 2.56. The van der Waals surface area contributed by atoms with Crippen molar-refractivity contribution >= 4 is 29.1 Å². The summed E-state index contributed by atoms with van der Waals surface area (Å²) < 4.78 is 16.7. The maximum Gasteiger partial charge on any atom is 0.348 e. The van der Waals surface area contributed by atoms with Crippen molar-refractivity contribution in [2.24, 2.45) is 0 Å². The largest absolute Gasteiger partial charge is 1.00 e. The molecule has 0 heterocycles. The van der Waals surface area contributed by atoms with Crippen molar-refractivity contribution in [3.05, 3.63) is 91.0 Å². The third-order valence-electron chi connectivity index (χ3n) is 5.47. The van der Waals surface area contributed by atoms with Gasteiger partial charge in [0.1, 0.15) is 23.2 Å². The number of halogens is 1. The molecular weight excluding hydrogens is 562 g/mol. The third-order valence-corrected chi connectivity index (χ3v) is 10.1. The summed E-state index contributed by atoms with van der Waals surface area (Å²) in [5.74, 6) is -0.864. The van der Waals surface area contributed by atoms with E-state index in [1.54, 1.807) is 0 Å². The second-order valence-electron chi connectivity index (χ2n) is 7.47. The van der Waals surface area contributed by atoms with Crippen molar-refractivity contribution in [3.63, 3.8) is 0 Å². The lowest BCUT2D eigenvalue weighted by Crippen LogP contribution is -3.00. The van der Waals surface area contributed by atoms with Gasteiger partial charge in [-0.1, -0.05) is 54.6 Å². The average Bonchev–Trinajstić information content (AvgIpc) is 2.86. The van der Waals surface area contributed by atoms with Gasteiger partial charge in [0.2, 0.25) is 5.66 Å². The lowest BCUT2D eigenvalue weighted by Gasteiger charge is -2.32. The standard InChI is InChI=1S/C27H31O5P.HI/c1-2-30-18-19-31-20-21-32-22-26(27(28)29)33(23-12-6-3-7-13-23,24-14-8-4-9-15-24)25-16-10-5-11-17-25;/h3-17,26H,2,18-22H2,1H3;1H. The van der Waals surface area contributed by atoms with E-state index in [9.17, 15) is 9.90 Å². The average molecular weight is 594 g/mol. The molecule has 1 atom stereocenters. The molecule has 34 heavy (non-hydrogen) atoms. The lowest BCUT2D eigenvalue weighted by atomic mass is 10.3. The van der Waals surface area contributed by atoms with Crippen molar-refractivity contribution < 1.29 is 48.1 Å². The fourth-order valence-corrected chi connectivity index (χ4v) is 8.56. The van der Waals surface area contributed by atoms with Gasteiger partial charge in [0.05, 0.1) is 33.0 Å². The molecule has 1 N–H and O–H groups in total. The van der Waals surface area contributed by atoms with Gasteiger partial charge in [-0.05, 0) is 43.3 Å². The zero-order chi connectivity index (χ0) is 23.4. The topological polar surface area (TPSA) is 65.0 Å². The number of hydrogen-bond donors (Lipinski definition) is 1. The van der Waals surface area contributed by atoms with Crippen molar-refractivity contribution in [2.45, 2.75) is 12.6 Å². The van der Waals surface area contributed by atoms with Gasteiger partial charge in [-0.3, -0.25) is 0 Å². The first-order chi connectivity index (χ1) is 16.2. The molecule has 0 bridgehead atoms. The van der Waals surface area contributed by atoms with E-state index in [-0.39, 0.29) is 30.6 Å². The van der Waals surface area contributed by atoms with Crippen molar-refractivity contribution in [1.82, 2.24) is 0 Å². The molecule has 0 spiro atoms. The van der Waals surface area contributed by atoms with Gasteiger partial charge in [0, 0.05) is 6.61 Å². The Kier molecular flexibility index (Phi) is 12.7. The van der Waals surface area contributed by atoms with Crippen LogP contribution >= 0.6 is 7.26 Å².